The number of fused-ring (bicyclic) bond motifs is 2. The summed E-state index contributed by atoms with van der Waals surface area (Å²) in [7, 11) is 0. The number of anilines is 2. The van der Waals surface area contributed by atoms with Crippen molar-refractivity contribution in [2.45, 2.75) is 50.1 Å². The lowest BCUT2D eigenvalue weighted by Gasteiger charge is -2.48. The van der Waals surface area contributed by atoms with Gasteiger partial charge in [-0.1, -0.05) is 45.0 Å². The Morgan fingerprint density at radius 1 is 1.38 bits per heavy atom. The molecule has 1 aromatic heterocycles. The third-order valence-corrected chi connectivity index (χ3v) is 7.18. The molecule has 0 spiro atoms. The van der Waals surface area contributed by atoms with E-state index in [0.29, 0.717) is 0 Å². The first-order chi connectivity index (χ1) is 13.9. The quantitative estimate of drug-likeness (QED) is 0.632. The number of aliphatic carboxylic acids is 1. The summed E-state index contributed by atoms with van der Waals surface area (Å²) in [6.07, 6.45) is 5.34. The van der Waals surface area contributed by atoms with Gasteiger partial charge < -0.3 is 10.4 Å². The molecule has 1 saturated heterocycles. The first kappa shape index (κ1) is 20.2. The van der Waals surface area contributed by atoms with Crippen LogP contribution in [0.15, 0.2) is 40.5 Å². The minimum atomic E-state index is -0.650. The lowest BCUT2D eigenvalue weighted by atomic mass is 9.65. The molecule has 1 aromatic carbocycles. The molecular weight excluding hydrogens is 384 g/mol. The fourth-order valence-corrected chi connectivity index (χ4v) is 6.06. The fourth-order valence-electron chi connectivity index (χ4n) is 5.18. The first-order valence-corrected chi connectivity index (χ1v) is 11.1. The number of hydrogen-bond donors (Lipinski definition) is 2. The number of nitrogens with zero attached hydrogens (tertiary/aromatic N) is 3. The van der Waals surface area contributed by atoms with E-state index in [2.05, 4.69) is 59.2 Å². The molecule has 2 aliphatic heterocycles. The summed E-state index contributed by atoms with van der Waals surface area (Å²) in [5.41, 5.74) is 2.09. The summed E-state index contributed by atoms with van der Waals surface area (Å²) in [5.74, 6) is -0.00178. The summed E-state index contributed by atoms with van der Waals surface area (Å²) in [6.45, 7) is 8.82. The van der Waals surface area contributed by atoms with Crippen molar-refractivity contribution in [3.63, 3.8) is 0 Å². The number of benzene rings is 1. The number of likely N-dealkylation sites (tertiary alicyclic amines) is 1. The second kappa shape index (κ2) is 7.95. The molecule has 154 valence electrons. The first-order valence-electron chi connectivity index (χ1n) is 10.2. The van der Waals surface area contributed by atoms with E-state index in [1.165, 1.54) is 5.56 Å². The van der Waals surface area contributed by atoms with Crippen molar-refractivity contribution >= 4 is 29.2 Å². The maximum Gasteiger partial charge on any atom is 0.307 e. The van der Waals surface area contributed by atoms with E-state index in [4.69, 9.17) is 0 Å². The molecule has 6 nitrogen and oxygen atoms in total. The Hall–Kier alpha value is -2.12. The number of carbonyl (C=O) groups is 1. The predicted octanol–water partition coefficient (Wildman–Crippen LogP) is 4.64. The van der Waals surface area contributed by atoms with E-state index >= 15 is 0 Å². The highest BCUT2D eigenvalue weighted by molar-refractivity contribution is 7.99. The van der Waals surface area contributed by atoms with Crippen LogP contribution in [0.2, 0.25) is 0 Å². The van der Waals surface area contributed by atoms with Crippen LogP contribution in [0.3, 0.4) is 0 Å². The lowest BCUT2D eigenvalue weighted by Crippen LogP contribution is -2.53. The Morgan fingerprint density at radius 2 is 2.17 bits per heavy atom. The summed E-state index contributed by atoms with van der Waals surface area (Å²) < 4.78 is 0. The molecular formula is C22H28N4O2S. The molecule has 2 aromatic rings. The van der Waals surface area contributed by atoms with Gasteiger partial charge in [0.15, 0.2) is 5.82 Å². The van der Waals surface area contributed by atoms with Crippen LogP contribution in [0.4, 0.5) is 11.5 Å². The largest absolute Gasteiger partial charge is 0.481 e. The Morgan fingerprint density at radius 3 is 2.93 bits per heavy atom. The summed E-state index contributed by atoms with van der Waals surface area (Å²) in [4.78, 5) is 24.3. The lowest BCUT2D eigenvalue weighted by molar-refractivity contribution is -0.154. The Kier molecular flexibility index (Phi) is 5.53. The number of carboxylic acid groups (broad SMARTS) is 1. The highest BCUT2D eigenvalue weighted by Crippen LogP contribution is 2.44. The molecule has 7 heteroatoms. The zero-order chi connectivity index (χ0) is 20.6. The molecule has 0 amide bonds. The van der Waals surface area contributed by atoms with Crippen molar-refractivity contribution in [3.8, 4) is 0 Å². The maximum atomic E-state index is 11.9. The number of aromatic nitrogens is 2. The van der Waals surface area contributed by atoms with E-state index in [9.17, 15) is 9.90 Å². The molecule has 0 saturated carbocycles. The molecule has 2 N–H and O–H groups in total. The molecule has 4 rings (SSSR count). The molecule has 1 fully saturated rings. The van der Waals surface area contributed by atoms with Gasteiger partial charge in [-0.25, -0.2) is 9.97 Å². The average molecular weight is 413 g/mol. The second-order valence-corrected chi connectivity index (χ2v) is 9.67. The number of carboxylic acids is 1. The van der Waals surface area contributed by atoms with E-state index < -0.39 is 5.97 Å². The van der Waals surface area contributed by atoms with Gasteiger partial charge in [-0.2, -0.15) is 0 Å². The molecule has 0 aliphatic carbocycles. The Balaban J connectivity index is 1.52. The number of nitrogens with one attached hydrogen (secondary N) is 1. The van der Waals surface area contributed by atoms with Crippen LogP contribution < -0.4 is 5.32 Å². The zero-order valence-corrected chi connectivity index (χ0v) is 18.0. The minimum Gasteiger partial charge on any atom is -0.481 e. The van der Waals surface area contributed by atoms with E-state index in [1.54, 1.807) is 24.2 Å². The van der Waals surface area contributed by atoms with Crippen LogP contribution in [0.25, 0.3) is 0 Å². The van der Waals surface area contributed by atoms with Crippen LogP contribution in [-0.2, 0) is 11.3 Å². The van der Waals surface area contributed by atoms with Gasteiger partial charge >= 0.3 is 5.97 Å². The monoisotopic (exact) mass is 412 g/mol. The minimum absolute atomic E-state index is 0.131. The van der Waals surface area contributed by atoms with E-state index in [0.717, 1.165) is 53.9 Å². The molecule has 0 radical (unpaired) electrons. The van der Waals surface area contributed by atoms with Crippen LogP contribution in [0, 0.1) is 17.3 Å². The van der Waals surface area contributed by atoms with Crippen LogP contribution in [0.1, 0.15) is 39.2 Å². The van der Waals surface area contributed by atoms with Crippen molar-refractivity contribution in [1.82, 2.24) is 14.9 Å². The Bertz CT molecular complexity index is 921. The van der Waals surface area contributed by atoms with E-state index in [1.807, 2.05) is 0 Å². The molecule has 0 bridgehead atoms. The molecule has 29 heavy (non-hydrogen) atoms. The smallest absolute Gasteiger partial charge is 0.307 e. The van der Waals surface area contributed by atoms with Gasteiger partial charge in [0.05, 0.1) is 11.6 Å². The van der Waals surface area contributed by atoms with Crippen LogP contribution >= 0.6 is 11.8 Å². The number of piperidine rings is 1. The number of hydrogen-bond acceptors (Lipinski definition) is 6. The Labute approximate surface area is 176 Å². The second-order valence-electron chi connectivity index (χ2n) is 8.63. The topological polar surface area (TPSA) is 78.3 Å². The predicted molar refractivity (Wildman–Crippen MR) is 114 cm³/mol. The van der Waals surface area contributed by atoms with Crippen molar-refractivity contribution in [2.75, 3.05) is 18.4 Å². The van der Waals surface area contributed by atoms with Gasteiger partial charge in [-0.3, -0.25) is 9.69 Å². The highest BCUT2D eigenvalue weighted by atomic mass is 32.2. The molecule has 3 heterocycles. The van der Waals surface area contributed by atoms with Crippen molar-refractivity contribution < 1.29 is 9.90 Å². The fraction of sp³-hybridized carbons (Fsp3) is 0.500. The molecule has 3 atom stereocenters. The molecule has 3 unspecified atom stereocenters. The van der Waals surface area contributed by atoms with Gasteiger partial charge in [0.1, 0.15) is 5.03 Å². The van der Waals surface area contributed by atoms with Gasteiger partial charge in [0, 0.05) is 36.9 Å². The third-order valence-electron chi connectivity index (χ3n) is 6.11. The van der Waals surface area contributed by atoms with Gasteiger partial charge in [0.2, 0.25) is 0 Å². The van der Waals surface area contributed by atoms with Crippen molar-refractivity contribution in [3.05, 3.63) is 36.2 Å². The summed E-state index contributed by atoms with van der Waals surface area (Å²) in [6, 6.07) is 6.49. The van der Waals surface area contributed by atoms with E-state index in [-0.39, 0.29) is 17.3 Å². The average Bonchev–Trinajstić information content (AvgIpc) is 2.65. The van der Waals surface area contributed by atoms with Gasteiger partial charge in [-0.15, -0.1) is 0 Å². The molecule has 2 aliphatic rings. The van der Waals surface area contributed by atoms with Crippen LogP contribution in [-0.4, -0.2) is 39.0 Å². The third kappa shape index (κ3) is 3.98. The normalized spacial score (nSPS) is 26.3. The van der Waals surface area contributed by atoms with Gasteiger partial charge in [-0.05, 0) is 35.4 Å². The van der Waals surface area contributed by atoms with Crippen molar-refractivity contribution in [2.24, 2.45) is 17.3 Å². The SMILES string of the molecule is CCCC1(C)CN(Cc2ccc3c(c2)Nc2nccnc2S3)CC(C)C1C(=O)O. The van der Waals surface area contributed by atoms with Crippen LogP contribution in [0.5, 0.6) is 0 Å². The zero-order valence-electron chi connectivity index (χ0n) is 17.2. The maximum absolute atomic E-state index is 11.9. The van der Waals surface area contributed by atoms with Crippen molar-refractivity contribution in [1.29, 1.82) is 0 Å². The van der Waals surface area contributed by atoms with Gasteiger partial charge in [0.25, 0.3) is 0 Å². The standard InChI is InChI=1S/C22H28N4O2S/c1-4-7-22(3)13-26(11-14(2)18(22)21(27)28)12-15-5-6-17-16(10-15)25-19-20(29-17)24-9-8-23-19/h5-6,8-10,14,18H,4,7,11-13H2,1-3H3,(H,23,25)(H,27,28). The summed E-state index contributed by atoms with van der Waals surface area (Å²) >= 11 is 1.63. The summed E-state index contributed by atoms with van der Waals surface area (Å²) in [5, 5.41) is 14.1. The highest BCUT2D eigenvalue weighted by Gasteiger charge is 2.46. The number of rotatable bonds is 5.